The molecule has 0 aromatic carbocycles. The van der Waals surface area contributed by atoms with Gasteiger partial charge in [0.2, 0.25) is 0 Å². The fraction of sp³-hybridized carbons (Fsp3) is 0.429. The molecule has 1 aliphatic carbocycles. The molecule has 2 heterocycles. The van der Waals surface area contributed by atoms with E-state index in [1.165, 1.54) is 10.5 Å². The second-order valence-electron chi connectivity index (χ2n) is 5.25. The smallest absolute Gasteiger partial charge is 0.328 e. The highest BCUT2D eigenvalue weighted by Gasteiger charge is 2.34. The van der Waals surface area contributed by atoms with Crippen LogP contribution in [-0.4, -0.2) is 21.1 Å². The molecule has 0 atom stereocenters. The summed E-state index contributed by atoms with van der Waals surface area (Å²) >= 11 is 0. The monoisotopic (exact) mass is 296 g/mol. The van der Waals surface area contributed by atoms with E-state index in [2.05, 4.69) is 9.98 Å². The van der Waals surface area contributed by atoms with Crippen LogP contribution in [0.3, 0.4) is 0 Å². The molecule has 1 aliphatic rings. The van der Waals surface area contributed by atoms with Crippen LogP contribution >= 0.6 is 0 Å². The summed E-state index contributed by atoms with van der Waals surface area (Å²) in [6, 6.07) is 5.09. The van der Waals surface area contributed by atoms with E-state index in [-0.39, 0.29) is 11.7 Å². The van der Waals surface area contributed by atoms with Crippen molar-refractivity contribution in [3.63, 3.8) is 0 Å². The van der Waals surface area contributed by atoms with Crippen LogP contribution < -0.4 is 5.73 Å². The van der Waals surface area contributed by atoms with Gasteiger partial charge in [0.25, 0.3) is 0 Å². The molecular formula is C14H15F3N4. The molecule has 1 saturated carbocycles. The largest absolute Gasteiger partial charge is 0.434 e. The number of aromatic nitrogens is 2. The van der Waals surface area contributed by atoms with Gasteiger partial charge in [-0.25, -0.2) is 9.98 Å². The van der Waals surface area contributed by atoms with Gasteiger partial charge in [0, 0.05) is 18.0 Å². The van der Waals surface area contributed by atoms with Crippen molar-refractivity contribution < 1.29 is 13.2 Å². The minimum Gasteiger partial charge on any atom is -0.328 e. The quantitative estimate of drug-likeness (QED) is 0.877. The number of hydrogen-bond donors (Lipinski definition) is 1. The first-order valence-corrected chi connectivity index (χ1v) is 6.81. The predicted octanol–water partition coefficient (Wildman–Crippen LogP) is 3.33. The number of nitrogens with zero attached hydrogens (tertiary/aromatic N) is 3. The Morgan fingerprint density at radius 3 is 2.62 bits per heavy atom. The summed E-state index contributed by atoms with van der Waals surface area (Å²) in [5.74, 6) is 0.473. The van der Waals surface area contributed by atoms with E-state index in [1.807, 2.05) is 0 Å². The van der Waals surface area contributed by atoms with Crippen molar-refractivity contribution in [3.05, 3.63) is 30.1 Å². The molecule has 1 fully saturated rings. The highest BCUT2D eigenvalue weighted by molar-refractivity contribution is 5.87. The molecule has 4 nitrogen and oxygen atoms in total. The Morgan fingerprint density at radius 1 is 1.24 bits per heavy atom. The second kappa shape index (κ2) is 5.14. The summed E-state index contributed by atoms with van der Waals surface area (Å²) < 4.78 is 39.6. The lowest BCUT2D eigenvalue weighted by Crippen LogP contribution is -2.26. The van der Waals surface area contributed by atoms with Gasteiger partial charge in [-0.1, -0.05) is 6.07 Å². The maximum atomic E-state index is 12.7. The van der Waals surface area contributed by atoms with E-state index < -0.39 is 11.9 Å². The summed E-state index contributed by atoms with van der Waals surface area (Å²) in [6.45, 7) is 0. The molecule has 3 rings (SSSR count). The number of halogens is 3. The Labute approximate surface area is 119 Å². The number of aliphatic imine (C=N–C) groups is 1. The summed E-state index contributed by atoms with van der Waals surface area (Å²) in [7, 11) is 0. The summed E-state index contributed by atoms with van der Waals surface area (Å²) in [5.41, 5.74) is 6.16. The van der Waals surface area contributed by atoms with Gasteiger partial charge >= 0.3 is 6.18 Å². The molecule has 0 spiro atoms. The number of nitrogens with two attached hydrogens (primary N) is 1. The summed E-state index contributed by atoms with van der Waals surface area (Å²) in [6.07, 6.45) is -0.146. The molecule has 0 bridgehead atoms. The fourth-order valence-corrected chi connectivity index (χ4v) is 2.47. The molecule has 7 heteroatoms. The maximum Gasteiger partial charge on any atom is 0.434 e. The third-order valence-electron chi connectivity index (χ3n) is 3.64. The third-order valence-corrected chi connectivity index (χ3v) is 3.64. The van der Waals surface area contributed by atoms with E-state index in [0.717, 1.165) is 37.6 Å². The molecular weight excluding hydrogens is 281 g/mol. The molecule has 2 aromatic heterocycles. The first kappa shape index (κ1) is 14.1. The van der Waals surface area contributed by atoms with Gasteiger partial charge in [-0.15, -0.1) is 0 Å². The zero-order valence-corrected chi connectivity index (χ0v) is 11.3. The van der Waals surface area contributed by atoms with E-state index in [0.29, 0.717) is 5.82 Å². The van der Waals surface area contributed by atoms with Crippen LogP contribution in [0.4, 0.5) is 19.0 Å². The fourth-order valence-electron chi connectivity index (χ4n) is 2.47. The number of fused-ring (bicyclic) bond motifs is 1. The molecule has 112 valence electrons. The summed E-state index contributed by atoms with van der Waals surface area (Å²) in [5, 5.41) is 0. The van der Waals surface area contributed by atoms with Crippen molar-refractivity contribution >= 4 is 17.2 Å². The first-order valence-electron chi connectivity index (χ1n) is 6.81. The van der Waals surface area contributed by atoms with Crippen LogP contribution in [0.1, 0.15) is 31.4 Å². The zero-order valence-electron chi connectivity index (χ0n) is 11.3. The van der Waals surface area contributed by atoms with Crippen LogP contribution in [-0.2, 0) is 6.18 Å². The Morgan fingerprint density at radius 2 is 1.95 bits per heavy atom. The highest BCUT2D eigenvalue weighted by atomic mass is 19.4. The molecule has 2 N–H and O–H groups in total. The number of hydrogen-bond acceptors (Lipinski definition) is 3. The average molecular weight is 296 g/mol. The van der Waals surface area contributed by atoms with E-state index in [9.17, 15) is 13.2 Å². The lowest BCUT2D eigenvalue weighted by atomic mass is 9.94. The van der Waals surface area contributed by atoms with Crippen LogP contribution in [0.15, 0.2) is 29.4 Å². The normalized spacial score (nSPS) is 20.0. The van der Waals surface area contributed by atoms with E-state index in [1.54, 1.807) is 12.1 Å². The van der Waals surface area contributed by atoms with E-state index in [4.69, 9.17) is 5.73 Å². The molecule has 0 saturated heterocycles. The Kier molecular flexibility index (Phi) is 3.44. The standard InChI is InChI=1S/C14H15F3N4/c15-14(16,17)11-8-21-12(2-1-3-13(21)20-11)19-10-6-4-9(18)5-7-10/h1-3,8-9H,4-7,18H2. The van der Waals surface area contributed by atoms with Gasteiger partial charge < -0.3 is 5.73 Å². The zero-order chi connectivity index (χ0) is 15.0. The van der Waals surface area contributed by atoms with Gasteiger partial charge in [0.1, 0.15) is 11.5 Å². The topological polar surface area (TPSA) is 55.7 Å². The first-order chi connectivity index (χ1) is 9.93. The van der Waals surface area contributed by atoms with E-state index >= 15 is 0 Å². The average Bonchev–Trinajstić information content (AvgIpc) is 2.86. The number of pyridine rings is 1. The lowest BCUT2D eigenvalue weighted by molar-refractivity contribution is -0.140. The Bertz CT molecular complexity index is 677. The molecule has 2 aromatic rings. The SMILES string of the molecule is NC1CCC(=Nc2cccc3nc(C(F)(F)F)cn23)CC1. The van der Waals surface area contributed by atoms with Crippen LogP contribution in [0, 0.1) is 0 Å². The number of imidazole rings is 1. The summed E-state index contributed by atoms with van der Waals surface area (Å²) in [4.78, 5) is 8.09. The van der Waals surface area contributed by atoms with Crippen LogP contribution in [0.5, 0.6) is 0 Å². The van der Waals surface area contributed by atoms with Crippen LogP contribution in [0.25, 0.3) is 5.65 Å². The lowest BCUT2D eigenvalue weighted by Gasteiger charge is -2.19. The van der Waals surface area contributed by atoms with Gasteiger partial charge in [-0.2, -0.15) is 13.2 Å². The van der Waals surface area contributed by atoms with Gasteiger partial charge in [0.15, 0.2) is 5.69 Å². The molecule has 0 amide bonds. The van der Waals surface area contributed by atoms with Crippen molar-refractivity contribution in [1.82, 2.24) is 9.38 Å². The molecule has 0 aliphatic heterocycles. The van der Waals surface area contributed by atoms with Crippen molar-refractivity contribution in [3.8, 4) is 0 Å². The number of alkyl halides is 3. The Hall–Kier alpha value is -1.89. The minimum absolute atomic E-state index is 0.199. The highest BCUT2D eigenvalue weighted by Crippen LogP contribution is 2.30. The predicted molar refractivity (Wildman–Crippen MR) is 73.7 cm³/mol. The van der Waals surface area contributed by atoms with Crippen molar-refractivity contribution in [1.29, 1.82) is 0 Å². The van der Waals surface area contributed by atoms with Crippen molar-refractivity contribution in [2.75, 3.05) is 0 Å². The van der Waals surface area contributed by atoms with Crippen molar-refractivity contribution in [2.45, 2.75) is 37.9 Å². The van der Waals surface area contributed by atoms with Gasteiger partial charge in [-0.05, 0) is 37.8 Å². The third kappa shape index (κ3) is 2.92. The van der Waals surface area contributed by atoms with Crippen LogP contribution in [0.2, 0.25) is 0 Å². The maximum absolute atomic E-state index is 12.7. The van der Waals surface area contributed by atoms with Crippen molar-refractivity contribution in [2.24, 2.45) is 10.7 Å². The molecule has 0 unspecified atom stereocenters. The molecule has 21 heavy (non-hydrogen) atoms. The second-order valence-corrected chi connectivity index (χ2v) is 5.25. The molecule has 0 radical (unpaired) electrons. The minimum atomic E-state index is -4.45. The number of rotatable bonds is 1. The van der Waals surface area contributed by atoms with Gasteiger partial charge in [0.05, 0.1) is 0 Å². The van der Waals surface area contributed by atoms with Gasteiger partial charge in [-0.3, -0.25) is 4.40 Å². The Balaban J connectivity index is 1.99.